The largest absolute Gasteiger partial charge is 0.491 e. The molecule has 0 aliphatic carbocycles. The van der Waals surface area contributed by atoms with E-state index < -0.39 is 6.67 Å². The molecule has 3 heterocycles. The number of alkyl halides is 1. The third-order valence-corrected chi connectivity index (χ3v) is 4.68. The number of ether oxygens (including phenoxy) is 2. The topological polar surface area (TPSA) is 63.3 Å². The maximum atomic E-state index is 12.3. The highest BCUT2D eigenvalue weighted by molar-refractivity contribution is 5.69. The molecule has 3 aromatic rings. The molecular formula is C21H23FN4O2. The zero-order chi connectivity index (χ0) is 19.3. The van der Waals surface area contributed by atoms with Crippen molar-refractivity contribution in [3.8, 4) is 28.3 Å². The van der Waals surface area contributed by atoms with E-state index in [9.17, 15) is 4.39 Å². The molecule has 0 bridgehead atoms. The molecule has 28 heavy (non-hydrogen) atoms. The third kappa shape index (κ3) is 4.14. The van der Waals surface area contributed by atoms with Crippen LogP contribution in [0.2, 0.25) is 0 Å². The molecule has 1 unspecified atom stereocenters. The van der Waals surface area contributed by atoms with Gasteiger partial charge >= 0.3 is 0 Å². The van der Waals surface area contributed by atoms with Crippen LogP contribution in [0.1, 0.15) is 6.92 Å². The summed E-state index contributed by atoms with van der Waals surface area (Å²) in [6.07, 6.45) is 2.06. The molecule has 6 nitrogen and oxygen atoms in total. The first-order chi connectivity index (χ1) is 13.7. The van der Waals surface area contributed by atoms with Gasteiger partial charge in [0.2, 0.25) is 0 Å². The van der Waals surface area contributed by atoms with Crippen LogP contribution in [0.5, 0.6) is 5.75 Å². The summed E-state index contributed by atoms with van der Waals surface area (Å²) in [5.41, 5.74) is 3.56. The fourth-order valence-electron chi connectivity index (χ4n) is 3.28. The molecule has 1 atom stereocenters. The number of rotatable bonds is 6. The van der Waals surface area contributed by atoms with Gasteiger partial charge in [-0.3, -0.25) is 5.10 Å². The van der Waals surface area contributed by atoms with Crippen LogP contribution in [0.25, 0.3) is 22.5 Å². The number of halogens is 1. The minimum absolute atomic E-state index is 0.0532. The second-order valence-corrected chi connectivity index (χ2v) is 6.76. The van der Waals surface area contributed by atoms with Gasteiger partial charge < -0.3 is 14.4 Å². The van der Waals surface area contributed by atoms with Crippen molar-refractivity contribution >= 4 is 5.82 Å². The summed E-state index contributed by atoms with van der Waals surface area (Å²) in [7, 11) is 0. The lowest BCUT2D eigenvalue weighted by Gasteiger charge is -2.32. The highest BCUT2D eigenvalue weighted by Gasteiger charge is 2.18. The Morgan fingerprint density at radius 3 is 2.96 bits per heavy atom. The highest BCUT2D eigenvalue weighted by atomic mass is 19.1. The second-order valence-electron chi connectivity index (χ2n) is 6.76. The van der Waals surface area contributed by atoms with Crippen molar-refractivity contribution < 1.29 is 13.9 Å². The number of aromatic amines is 1. The summed E-state index contributed by atoms with van der Waals surface area (Å²) in [6.45, 7) is 4.04. The van der Waals surface area contributed by atoms with Gasteiger partial charge in [-0.1, -0.05) is 12.1 Å². The van der Waals surface area contributed by atoms with Gasteiger partial charge in [0, 0.05) is 30.4 Å². The molecule has 0 amide bonds. The Kier molecular flexibility index (Phi) is 5.53. The predicted molar refractivity (Wildman–Crippen MR) is 106 cm³/mol. The van der Waals surface area contributed by atoms with E-state index in [0.717, 1.165) is 48.0 Å². The second kappa shape index (κ2) is 8.39. The summed E-state index contributed by atoms with van der Waals surface area (Å²) in [5.74, 6) is 1.59. The highest BCUT2D eigenvalue weighted by Crippen LogP contribution is 2.27. The van der Waals surface area contributed by atoms with Crippen molar-refractivity contribution in [2.24, 2.45) is 0 Å². The summed E-state index contributed by atoms with van der Waals surface area (Å²) >= 11 is 0. The van der Waals surface area contributed by atoms with E-state index in [2.05, 4.69) is 27.0 Å². The minimum atomic E-state index is -0.509. The Hall–Kier alpha value is -2.93. The van der Waals surface area contributed by atoms with Crippen molar-refractivity contribution in [3.63, 3.8) is 0 Å². The Labute approximate surface area is 163 Å². The van der Waals surface area contributed by atoms with Crippen molar-refractivity contribution in [2.45, 2.75) is 13.0 Å². The fourth-order valence-corrected chi connectivity index (χ4v) is 3.28. The normalized spacial score (nSPS) is 16.9. The van der Waals surface area contributed by atoms with Crippen LogP contribution < -0.4 is 9.64 Å². The van der Waals surface area contributed by atoms with Crippen LogP contribution in [0.15, 0.2) is 48.7 Å². The Bertz CT molecular complexity index is 913. The average molecular weight is 382 g/mol. The Balaban J connectivity index is 1.50. The summed E-state index contributed by atoms with van der Waals surface area (Å²) < 4.78 is 23.2. The first-order valence-electron chi connectivity index (χ1n) is 9.40. The van der Waals surface area contributed by atoms with Gasteiger partial charge in [0.25, 0.3) is 0 Å². The molecule has 1 aromatic carbocycles. The molecular weight excluding hydrogens is 359 g/mol. The van der Waals surface area contributed by atoms with Crippen molar-refractivity contribution in [2.75, 3.05) is 37.9 Å². The molecule has 2 aromatic heterocycles. The number of anilines is 1. The number of H-pyrrole nitrogens is 1. The molecule has 0 radical (unpaired) electrons. The average Bonchev–Trinajstić information content (AvgIpc) is 3.23. The van der Waals surface area contributed by atoms with Crippen LogP contribution >= 0.6 is 0 Å². The SMILES string of the molecule is CC1CN(c2ccc(-c3cc(-c4cccc(OCCF)c4)[nH]n3)cn2)CCO1. The molecule has 146 valence electrons. The molecule has 1 aliphatic rings. The lowest BCUT2D eigenvalue weighted by molar-refractivity contribution is 0.0529. The van der Waals surface area contributed by atoms with Crippen LogP contribution in [0.4, 0.5) is 10.2 Å². The predicted octanol–water partition coefficient (Wildman–Crippen LogP) is 3.71. The maximum Gasteiger partial charge on any atom is 0.128 e. The minimum Gasteiger partial charge on any atom is -0.491 e. The zero-order valence-corrected chi connectivity index (χ0v) is 15.8. The molecule has 1 saturated heterocycles. The van der Waals surface area contributed by atoms with Crippen molar-refractivity contribution in [3.05, 3.63) is 48.7 Å². The number of aromatic nitrogens is 3. The summed E-state index contributed by atoms with van der Waals surface area (Å²) in [4.78, 5) is 6.84. The number of hydrogen-bond donors (Lipinski definition) is 1. The number of morpholine rings is 1. The van der Waals surface area contributed by atoms with Crippen LogP contribution in [0, 0.1) is 0 Å². The quantitative estimate of drug-likeness (QED) is 0.704. The third-order valence-electron chi connectivity index (χ3n) is 4.68. The van der Waals surface area contributed by atoms with Crippen LogP contribution in [0.3, 0.4) is 0 Å². The van der Waals surface area contributed by atoms with E-state index in [4.69, 9.17) is 9.47 Å². The van der Waals surface area contributed by atoms with Crippen molar-refractivity contribution in [1.82, 2.24) is 15.2 Å². The molecule has 0 saturated carbocycles. The summed E-state index contributed by atoms with van der Waals surface area (Å²) in [6, 6.07) is 13.5. The molecule has 1 fully saturated rings. The Morgan fingerprint density at radius 2 is 2.18 bits per heavy atom. The first kappa shape index (κ1) is 18.4. The molecule has 7 heteroatoms. The first-order valence-corrected chi connectivity index (χ1v) is 9.40. The van der Waals surface area contributed by atoms with Gasteiger partial charge in [-0.2, -0.15) is 5.10 Å². The monoisotopic (exact) mass is 382 g/mol. The molecule has 1 aliphatic heterocycles. The van der Waals surface area contributed by atoms with E-state index in [-0.39, 0.29) is 12.7 Å². The van der Waals surface area contributed by atoms with E-state index in [0.29, 0.717) is 5.75 Å². The van der Waals surface area contributed by atoms with E-state index >= 15 is 0 Å². The maximum absolute atomic E-state index is 12.3. The van der Waals surface area contributed by atoms with Gasteiger partial charge in [-0.05, 0) is 37.3 Å². The number of nitrogens with zero attached hydrogens (tertiary/aromatic N) is 3. The number of hydrogen-bond acceptors (Lipinski definition) is 5. The number of nitrogens with one attached hydrogen (secondary N) is 1. The number of benzene rings is 1. The van der Waals surface area contributed by atoms with Gasteiger partial charge in [-0.25, -0.2) is 9.37 Å². The standard InChI is InChI=1S/C21H23FN4O2/c1-15-14-26(8-10-27-15)21-6-5-17(13-23-21)20-12-19(24-25-20)16-3-2-4-18(11-16)28-9-7-22/h2-6,11-13,15H,7-10,14H2,1H3,(H,24,25). The van der Waals surface area contributed by atoms with Gasteiger partial charge in [0.05, 0.1) is 24.1 Å². The van der Waals surface area contributed by atoms with Gasteiger partial charge in [0.15, 0.2) is 0 Å². The van der Waals surface area contributed by atoms with E-state index in [1.165, 1.54) is 0 Å². The zero-order valence-electron chi connectivity index (χ0n) is 15.8. The molecule has 4 rings (SSSR count). The van der Waals surface area contributed by atoms with Crippen LogP contribution in [-0.4, -0.2) is 54.3 Å². The van der Waals surface area contributed by atoms with Crippen LogP contribution in [-0.2, 0) is 4.74 Å². The van der Waals surface area contributed by atoms with E-state index in [1.54, 1.807) is 0 Å². The lowest BCUT2D eigenvalue weighted by Crippen LogP contribution is -2.41. The Morgan fingerprint density at radius 1 is 1.25 bits per heavy atom. The fraction of sp³-hybridized carbons (Fsp3) is 0.333. The molecule has 1 N–H and O–H groups in total. The van der Waals surface area contributed by atoms with E-state index in [1.807, 2.05) is 48.7 Å². The number of pyridine rings is 1. The smallest absolute Gasteiger partial charge is 0.128 e. The lowest BCUT2D eigenvalue weighted by atomic mass is 10.1. The molecule has 0 spiro atoms. The van der Waals surface area contributed by atoms with Crippen molar-refractivity contribution in [1.29, 1.82) is 0 Å². The van der Waals surface area contributed by atoms with Gasteiger partial charge in [-0.15, -0.1) is 0 Å². The van der Waals surface area contributed by atoms with Gasteiger partial charge in [0.1, 0.15) is 24.8 Å². The summed E-state index contributed by atoms with van der Waals surface area (Å²) in [5, 5.41) is 7.46.